The van der Waals surface area contributed by atoms with Crippen molar-refractivity contribution >= 4 is 11.7 Å². The van der Waals surface area contributed by atoms with Crippen LogP contribution in [0.1, 0.15) is 18.9 Å². The van der Waals surface area contributed by atoms with E-state index in [4.69, 9.17) is 9.47 Å². The van der Waals surface area contributed by atoms with E-state index in [0.29, 0.717) is 37.8 Å². The average Bonchev–Trinajstić information content (AvgIpc) is 2.61. The van der Waals surface area contributed by atoms with Crippen LogP contribution in [0.5, 0.6) is 5.75 Å². The number of amides is 2. The second kappa shape index (κ2) is 10.2. The van der Waals surface area contributed by atoms with Crippen LogP contribution >= 0.6 is 0 Å². The maximum absolute atomic E-state index is 12.1. The summed E-state index contributed by atoms with van der Waals surface area (Å²) in [6, 6.07) is 5.29. The Morgan fingerprint density at radius 2 is 2.16 bits per heavy atom. The number of anilines is 1. The van der Waals surface area contributed by atoms with Crippen LogP contribution in [0.15, 0.2) is 18.2 Å². The van der Waals surface area contributed by atoms with Gasteiger partial charge in [-0.3, -0.25) is 4.90 Å². The van der Waals surface area contributed by atoms with Crippen LogP contribution in [0.3, 0.4) is 0 Å². The first-order chi connectivity index (χ1) is 12.1. The smallest absolute Gasteiger partial charge is 0.319 e. The van der Waals surface area contributed by atoms with E-state index in [9.17, 15) is 9.90 Å². The van der Waals surface area contributed by atoms with E-state index in [0.717, 1.165) is 25.1 Å². The van der Waals surface area contributed by atoms with Crippen molar-refractivity contribution in [2.45, 2.75) is 26.4 Å². The third-order valence-electron chi connectivity index (χ3n) is 3.92. The number of ether oxygens (including phenoxy) is 2. The lowest BCUT2D eigenvalue weighted by molar-refractivity contribution is 0.0154. The second-order valence-electron chi connectivity index (χ2n) is 6.25. The van der Waals surface area contributed by atoms with Gasteiger partial charge in [0.25, 0.3) is 0 Å². The molecular formula is C18H29N3O4. The Morgan fingerprint density at radius 1 is 1.40 bits per heavy atom. The summed E-state index contributed by atoms with van der Waals surface area (Å²) in [5.41, 5.74) is 1.69. The normalized spacial score (nSPS) is 16.3. The topological polar surface area (TPSA) is 83.1 Å². The number of hydrogen-bond donors (Lipinski definition) is 3. The molecule has 25 heavy (non-hydrogen) atoms. The predicted molar refractivity (Wildman–Crippen MR) is 97.3 cm³/mol. The monoisotopic (exact) mass is 351 g/mol. The first-order valence-corrected chi connectivity index (χ1v) is 8.85. The standard InChI is InChI=1S/C18H29N3O4/c1-3-8-25-17-11-14(2)4-5-16(17)20-18(23)19-12-15(22)13-21-6-9-24-10-7-21/h4-5,11,15,22H,3,6-10,12-13H2,1-2H3,(H2,19,20,23)/t15-/m0/s1. The molecule has 0 aliphatic carbocycles. The van der Waals surface area contributed by atoms with Crippen molar-refractivity contribution in [3.05, 3.63) is 23.8 Å². The molecule has 7 nitrogen and oxygen atoms in total. The molecule has 2 rings (SSSR count). The molecule has 0 unspecified atom stereocenters. The van der Waals surface area contributed by atoms with E-state index in [1.807, 2.05) is 32.0 Å². The maximum Gasteiger partial charge on any atom is 0.319 e. The fourth-order valence-electron chi connectivity index (χ4n) is 2.59. The molecule has 0 spiro atoms. The Hall–Kier alpha value is -1.83. The summed E-state index contributed by atoms with van der Waals surface area (Å²) in [4.78, 5) is 14.2. The number of aliphatic hydroxyl groups is 1. The maximum atomic E-state index is 12.1. The number of urea groups is 1. The molecule has 0 radical (unpaired) electrons. The Bertz CT molecular complexity index is 547. The summed E-state index contributed by atoms with van der Waals surface area (Å²) in [7, 11) is 0. The highest BCUT2D eigenvalue weighted by Gasteiger charge is 2.16. The van der Waals surface area contributed by atoms with Gasteiger partial charge in [0.2, 0.25) is 0 Å². The van der Waals surface area contributed by atoms with Crippen LogP contribution in [-0.4, -0.2) is 68.1 Å². The van der Waals surface area contributed by atoms with Gasteiger partial charge in [0.15, 0.2) is 0 Å². The van der Waals surface area contributed by atoms with Crippen molar-refractivity contribution < 1.29 is 19.4 Å². The number of morpholine rings is 1. The van der Waals surface area contributed by atoms with Crippen LogP contribution < -0.4 is 15.4 Å². The molecule has 3 N–H and O–H groups in total. The van der Waals surface area contributed by atoms with Gasteiger partial charge in [0, 0.05) is 26.2 Å². The quantitative estimate of drug-likeness (QED) is 0.663. The van der Waals surface area contributed by atoms with Crippen molar-refractivity contribution in [3.63, 3.8) is 0 Å². The number of rotatable bonds is 8. The lowest BCUT2D eigenvalue weighted by atomic mass is 10.2. The second-order valence-corrected chi connectivity index (χ2v) is 6.25. The van der Waals surface area contributed by atoms with E-state index in [-0.39, 0.29) is 12.6 Å². The van der Waals surface area contributed by atoms with Gasteiger partial charge < -0.3 is 25.2 Å². The largest absolute Gasteiger partial charge is 0.491 e. The zero-order valence-electron chi connectivity index (χ0n) is 15.1. The summed E-state index contributed by atoms with van der Waals surface area (Å²) >= 11 is 0. The van der Waals surface area contributed by atoms with Crippen LogP contribution in [0, 0.1) is 6.92 Å². The van der Waals surface area contributed by atoms with Crippen LogP contribution in [0.2, 0.25) is 0 Å². The summed E-state index contributed by atoms with van der Waals surface area (Å²) < 4.78 is 11.0. The van der Waals surface area contributed by atoms with Gasteiger partial charge in [-0.15, -0.1) is 0 Å². The molecule has 1 aromatic rings. The Kier molecular flexibility index (Phi) is 7.97. The molecule has 1 saturated heterocycles. The summed E-state index contributed by atoms with van der Waals surface area (Å²) in [5, 5.41) is 15.6. The molecule has 1 aliphatic rings. The number of β-amino-alcohol motifs (C(OH)–C–C–N with tert-alkyl or cyclic N) is 1. The zero-order chi connectivity index (χ0) is 18.1. The van der Waals surface area contributed by atoms with Crippen LogP contribution in [0.25, 0.3) is 0 Å². The van der Waals surface area contributed by atoms with Gasteiger partial charge in [0.1, 0.15) is 5.75 Å². The highest BCUT2D eigenvalue weighted by Crippen LogP contribution is 2.25. The van der Waals surface area contributed by atoms with Crippen molar-refractivity contribution in [1.82, 2.24) is 10.2 Å². The molecule has 0 saturated carbocycles. The lowest BCUT2D eigenvalue weighted by Crippen LogP contribution is -2.45. The zero-order valence-corrected chi connectivity index (χ0v) is 15.1. The molecule has 7 heteroatoms. The van der Waals surface area contributed by atoms with Crippen molar-refractivity contribution in [2.24, 2.45) is 0 Å². The highest BCUT2D eigenvalue weighted by molar-refractivity contribution is 5.91. The summed E-state index contributed by atoms with van der Waals surface area (Å²) in [6.07, 6.45) is 0.283. The van der Waals surface area contributed by atoms with Crippen molar-refractivity contribution in [2.75, 3.05) is 51.3 Å². The molecule has 2 amide bonds. The Morgan fingerprint density at radius 3 is 2.88 bits per heavy atom. The fourth-order valence-corrected chi connectivity index (χ4v) is 2.59. The molecule has 1 aliphatic heterocycles. The Balaban J connectivity index is 1.79. The number of benzene rings is 1. The third kappa shape index (κ3) is 6.89. The minimum Gasteiger partial charge on any atom is -0.491 e. The van der Waals surface area contributed by atoms with Gasteiger partial charge in [-0.05, 0) is 31.0 Å². The number of carbonyl (C=O) groups excluding carboxylic acids is 1. The predicted octanol–water partition coefficient (Wildman–Crippen LogP) is 1.60. The number of carbonyl (C=O) groups is 1. The van der Waals surface area contributed by atoms with Crippen molar-refractivity contribution in [3.8, 4) is 5.75 Å². The number of aliphatic hydroxyl groups excluding tert-OH is 1. The molecule has 1 fully saturated rings. The summed E-state index contributed by atoms with van der Waals surface area (Å²) in [5.74, 6) is 0.658. The van der Waals surface area contributed by atoms with E-state index in [1.54, 1.807) is 0 Å². The molecule has 1 aromatic carbocycles. The summed E-state index contributed by atoms with van der Waals surface area (Å²) in [6.45, 7) is 8.33. The van der Waals surface area contributed by atoms with Gasteiger partial charge in [-0.25, -0.2) is 4.79 Å². The highest BCUT2D eigenvalue weighted by atomic mass is 16.5. The van der Waals surface area contributed by atoms with Gasteiger partial charge in [-0.2, -0.15) is 0 Å². The fraction of sp³-hybridized carbons (Fsp3) is 0.611. The molecule has 1 atom stereocenters. The number of aryl methyl sites for hydroxylation is 1. The SMILES string of the molecule is CCCOc1cc(C)ccc1NC(=O)NC[C@H](O)CN1CCOCC1. The van der Waals surface area contributed by atoms with Crippen molar-refractivity contribution in [1.29, 1.82) is 0 Å². The molecule has 1 heterocycles. The first kappa shape index (κ1) is 19.5. The average molecular weight is 351 g/mol. The molecule has 140 valence electrons. The molecular weight excluding hydrogens is 322 g/mol. The van der Waals surface area contributed by atoms with Gasteiger partial charge in [-0.1, -0.05) is 13.0 Å². The van der Waals surface area contributed by atoms with Gasteiger partial charge in [0.05, 0.1) is 31.6 Å². The molecule has 0 bridgehead atoms. The van der Waals surface area contributed by atoms with E-state index in [2.05, 4.69) is 15.5 Å². The Labute approximate surface area is 149 Å². The van der Waals surface area contributed by atoms with Crippen LogP contribution in [0.4, 0.5) is 10.5 Å². The molecule has 0 aromatic heterocycles. The van der Waals surface area contributed by atoms with E-state index >= 15 is 0 Å². The van der Waals surface area contributed by atoms with Crippen LogP contribution in [-0.2, 0) is 4.74 Å². The van der Waals surface area contributed by atoms with Gasteiger partial charge >= 0.3 is 6.03 Å². The number of hydrogen-bond acceptors (Lipinski definition) is 5. The minimum atomic E-state index is -0.613. The number of nitrogens with zero attached hydrogens (tertiary/aromatic N) is 1. The van der Waals surface area contributed by atoms with E-state index < -0.39 is 6.10 Å². The first-order valence-electron chi connectivity index (χ1n) is 8.85. The van der Waals surface area contributed by atoms with E-state index in [1.165, 1.54) is 0 Å². The minimum absolute atomic E-state index is 0.195. The third-order valence-corrected chi connectivity index (χ3v) is 3.92. The lowest BCUT2D eigenvalue weighted by Gasteiger charge is -2.28. The number of nitrogens with one attached hydrogen (secondary N) is 2.